The molecule has 6 heteroatoms. The Balaban J connectivity index is 1.59. The van der Waals surface area contributed by atoms with Crippen LogP contribution < -0.4 is 0 Å². The molecule has 0 N–H and O–H groups in total. The largest absolute Gasteiger partial charge is 0.265 e. The van der Waals surface area contributed by atoms with Crippen LogP contribution in [-0.2, 0) is 0 Å². The van der Waals surface area contributed by atoms with Crippen LogP contribution in [0.2, 0.25) is 0 Å². The quantitative estimate of drug-likeness (QED) is 0.393. The number of para-hydroxylation sites is 1. The van der Waals surface area contributed by atoms with Gasteiger partial charge in [0.2, 0.25) is 0 Å². The first-order valence-electron chi connectivity index (χ1n) is 10.3. The molecule has 152 valence electrons. The first kappa shape index (κ1) is 18.2. The molecule has 0 aliphatic heterocycles. The molecule has 6 rings (SSSR count). The van der Waals surface area contributed by atoms with Crippen LogP contribution in [-0.4, -0.2) is 29.4 Å². The molecule has 3 heterocycles. The topological polar surface area (TPSA) is 60.9 Å². The Labute approximate surface area is 184 Å². The van der Waals surface area contributed by atoms with E-state index in [4.69, 9.17) is 10.1 Å². The van der Waals surface area contributed by atoms with Crippen LogP contribution in [0, 0.1) is 0 Å². The standard InChI is InChI=1S/C26H18N6/c1-4-10-19(11-5-1)16-17-22-28-29-26-23-24(20-12-6-2-7-13-20)30-32(21-14-8-3-9-15-21)25(23)27-18-31(22)26/h1-18H/b17-16+. The molecule has 0 atom stereocenters. The van der Waals surface area contributed by atoms with Crippen LogP contribution in [0.25, 0.3) is 45.8 Å². The molecule has 0 amide bonds. The van der Waals surface area contributed by atoms with Crippen molar-refractivity contribution in [2.75, 3.05) is 0 Å². The predicted molar refractivity (Wildman–Crippen MR) is 126 cm³/mol. The normalized spacial score (nSPS) is 11.6. The van der Waals surface area contributed by atoms with Crippen molar-refractivity contribution < 1.29 is 0 Å². The Bertz CT molecular complexity index is 1550. The van der Waals surface area contributed by atoms with Gasteiger partial charge in [-0.3, -0.25) is 4.40 Å². The van der Waals surface area contributed by atoms with E-state index in [1.807, 2.05) is 112 Å². The highest BCUT2D eigenvalue weighted by Gasteiger charge is 2.20. The maximum absolute atomic E-state index is 4.94. The van der Waals surface area contributed by atoms with Crippen molar-refractivity contribution >= 4 is 28.8 Å². The third kappa shape index (κ3) is 3.06. The van der Waals surface area contributed by atoms with Crippen molar-refractivity contribution in [3.63, 3.8) is 0 Å². The van der Waals surface area contributed by atoms with Crippen molar-refractivity contribution in [1.29, 1.82) is 0 Å². The second-order valence-electron chi connectivity index (χ2n) is 7.40. The van der Waals surface area contributed by atoms with Gasteiger partial charge in [-0.05, 0) is 23.8 Å². The summed E-state index contributed by atoms with van der Waals surface area (Å²) >= 11 is 0. The van der Waals surface area contributed by atoms with Crippen molar-refractivity contribution in [2.45, 2.75) is 0 Å². The molecule has 0 fully saturated rings. The van der Waals surface area contributed by atoms with E-state index in [2.05, 4.69) is 10.2 Å². The summed E-state index contributed by atoms with van der Waals surface area (Å²) in [6, 6.07) is 30.2. The van der Waals surface area contributed by atoms with Crippen molar-refractivity contribution in [2.24, 2.45) is 0 Å². The summed E-state index contributed by atoms with van der Waals surface area (Å²) in [5.74, 6) is 0.713. The number of fused-ring (bicyclic) bond motifs is 3. The van der Waals surface area contributed by atoms with Crippen LogP contribution in [0.15, 0.2) is 97.3 Å². The number of nitrogens with zero attached hydrogens (tertiary/aromatic N) is 6. The van der Waals surface area contributed by atoms with Crippen LogP contribution in [0.1, 0.15) is 11.4 Å². The minimum absolute atomic E-state index is 0.713. The molecular weight excluding hydrogens is 396 g/mol. The van der Waals surface area contributed by atoms with Crippen LogP contribution in [0.3, 0.4) is 0 Å². The molecule has 0 bridgehead atoms. The van der Waals surface area contributed by atoms with E-state index >= 15 is 0 Å². The molecule has 0 saturated carbocycles. The molecule has 0 aliphatic rings. The Morgan fingerprint density at radius 1 is 0.656 bits per heavy atom. The van der Waals surface area contributed by atoms with E-state index in [1.54, 1.807) is 6.33 Å². The van der Waals surface area contributed by atoms with E-state index in [1.165, 1.54) is 0 Å². The first-order chi connectivity index (χ1) is 15.9. The molecule has 0 radical (unpaired) electrons. The average Bonchev–Trinajstić information content (AvgIpc) is 3.46. The van der Waals surface area contributed by atoms with Gasteiger partial charge in [-0.25, -0.2) is 9.67 Å². The predicted octanol–water partition coefficient (Wildman–Crippen LogP) is 5.30. The lowest BCUT2D eigenvalue weighted by Crippen LogP contribution is -1.98. The maximum Gasteiger partial charge on any atom is 0.175 e. The van der Waals surface area contributed by atoms with E-state index in [9.17, 15) is 0 Å². The maximum atomic E-state index is 4.94. The summed E-state index contributed by atoms with van der Waals surface area (Å²) in [5, 5.41) is 14.8. The Morgan fingerprint density at radius 2 is 1.34 bits per heavy atom. The Morgan fingerprint density at radius 3 is 2.09 bits per heavy atom. The molecule has 0 spiro atoms. The van der Waals surface area contributed by atoms with Crippen LogP contribution >= 0.6 is 0 Å². The highest BCUT2D eigenvalue weighted by Crippen LogP contribution is 2.31. The number of rotatable bonds is 4. The lowest BCUT2D eigenvalue weighted by atomic mass is 10.1. The van der Waals surface area contributed by atoms with Gasteiger partial charge in [0.25, 0.3) is 0 Å². The Kier molecular flexibility index (Phi) is 4.32. The highest BCUT2D eigenvalue weighted by atomic mass is 15.3. The van der Waals surface area contributed by atoms with Gasteiger partial charge in [0.1, 0.15) is 12.0 Å². The number of aromatic nitrogens is 6. The highest BCUT2D eigenvalue weighted by molar-refractivity contribution is 6.01. The monoisotopic (exact) mass is 414 g/mol. The fourth-order valence-electron chi connectivity index (χ4n) is 3.83. The molecule has 0 saturated heterocycles. The molecule has 6 aromatic rings. The second kappa shape index (κ2) is 7.59. The molecule has 0 unspecified atom stereocenters. The van der Waals surface area contributed by atoms with Gasteiger partial charge in [-0.15, -0.1) is 10.2 Å². The molecule has 0 aliphatic carbocycles. The van der Waals surface area contributed by atoms with E-state index in [0.29, 0.717) is 5.82 Å². The minimum atomic E-state index is 0.713. The zero-order valence-electron chi connectivity index (χ0n) is 17.1. The molecule has 6 nitrogen and oxygen atoms in total. The van der Waals surface area contributed by atoms with Gasteiger partial charge in [-0.1, -0.05) is 84.9 Å². The van der Waals surface area contributed by atoms with E-state index in [-0.39, 0.29) is 0 Å². The van der Waals surface area contributed by atoms with Gasteiger partial charge in [0.05, 0.1) is 11.1 Å². The van der Waals surface area contributed by atoms with Gasteiger partial charge in [0, 0.05) is 5.56 Å². The summed E-state index contributed by atoms with van der Waals surface area (Å²) in [5.41, 5.74) is 5.35. The van der Waals surface area contributed by atoms with Gasteiger partial charge >= 0.3 is 0 Å². The lowest BCUT2D eigenvalue weighted by molar-refractivity contribution is 0.896. The zero-order chi connectivity index (χ0) is 21.3. The average molecular weight is 414 g/mol. The summed E-state index contributed by atoms with van der Waals surface area (Å²) in [6.07, 6.45) is 5.73. The van der Waals surface area contributed by atoms with Gasteiger partial charge in [-0.2, -0.15) is 5.10 Å². The van der Waals surface area contributed by atoms with Crippen molar-refractivity contribution in [1.82, 2.24) is 29.4 Å². The van der Waals surface area contributed by atoms with E-state index < -0.39 is 0 Å². The summed E-state index contributed by atoms with van der Waals surface area (Å²) in [6.45, 7) is 0. The summed E-state index contributed by atoms with van der Waals surface area (Å²) in [7, 11) is 0. The van der Waals surface area contributed by atoms with Crippen molar-refractivity contribution in [3.8, 4) is 16.9 Å². The smallest absolute Gasteiger partial charge is 0.175 e. The lowest BCUT2D eigenvalue weighted by Gasteiger charge is -2.02. The minimum Gasteiger partial charge on any atom is -0.265 e. The summed E-state index contributed by atoms with van der Waals surface area (Å²) < 4.78 is 3.77. The summed E-state index contributed by atoms with van der Waals surface area (Å²) in [4.78, 5) is 4.77. The molecule has 3 aromatic heterocycles. The molecular formula is C26H18N6. The number of hydrogen-bond acceptors (Lipinski definition) is 4. The third-order valence-electron chi connectivity index (χ3n) is 5.37. The van der Waals surface area contributed by atoms with Crippen LogP contribution in [0.5, 0.6) is 0 Å². The number of benzene rings is 3. The fourth-order valence-corrected chi connectivity index (χ4v) is 3.83. The fraction of sp³-hybridized carbons (Fsp3) is 0. The third-order valence-corrected chi connectivity index (χ3v) is 5.37. The second-order valence-corrected chi connectivity index (χ2v) is 7.40. The number of hydrogen-bond donors (Lipinski definition) is 0. The van der Waals surface area contributed by atoms with Crippen molar-refractivity contribution in [3.05, 3.63) is 109 Å². The Hall–Kier alpha value is -4.58. The molecule has 3 aromatic carbocycles. The van der Waals surface area contributed by atoms with Crippen LogP contribution in [0.4, 0.5) is 0 Å². The van der Waals surface area contributed by atoms with E-state index in [0.717, 1.165) is 39.2 Å². The van der Waals surface area contributed by atoms with Gasteiger partial charge in [0.15, 0.2) is 17.1 Å². The van der Waals surface area contributed by atoms with Gasteiger partial charge < -0.3 is 0 Å². The first-order valence-corrected chi connectivity index (χ1v) is 10.3. The SMILES string of the molecule is C(=C\c1nnc2c3c(-c4ccccc4)nn(-c4ccccc4)c3ncn12)/c1ccccc1. The molecule has 32 heavy (non-hydrogen) atoms. The zero-order valence-corrected chi connectivity index (χ0v) is 17.1.